The summed E-state index contributed by atoms with van der Waals surface area (Å²) in [5.74, 6) is 0.659. The van der Waals surface area contributed by atoms with Crippen LogP contribution in [0.5, 0.6) is 5.75 Å². The normalized spacial score (nSPS) is 14.4. The number of unbranched alkanes of at least 4 members (excludes halogenated alkanes) is 1. The maximum atomic E-state index is 12.4. The molecule has 3 rings (SSSR count). The van der Waals surface area contributed by atoms with Crippen LogP contribution in [0.2, 0.25) is 0 Å². The molecule has 0 fully saturated rings. The number of ether oxygens (including phenoxy) is 1. The summed E-state index contributed by atoms with van der Waals surface area (Å²) in [6.07, 6.45) is 7.70. The van der Waals surface area contributed by atoms with E-state index in [-0.39, 0.29) is 5.91 Å². The highest BCUT2D eigenvalue weighted by Gasteiger charge is 2.16. The number of hydrogen-bond donors (Lipinski definition) is 1. The molecule has 0 bridgehead atoms. The van der Waals surface area contributed by atoms with E-state index in [4.69, 9.17) is 4.74 Å². The minimum absolute atomic E-state index is 0.121. The van der Waals surface area contributed by atoms with Crippen LogP contribution in [-0.2, 0) is 24.1 Å². The fourth-order valence-electron chi connectivity index (χ4n) is 3.42. The number of anilines is 1. The molecule has 0 heterocycles. The summed E-state index contributed by atoms with van der Waals surface area (Å²) in [6, 6.07) is 14.3. The van der Waals surface area contributed by atoms with Gasteiger partial charge in [0.15, 0.2) is 6.10 Å². The Hall–Kier alpha value is -2.29. The van der Waals surface area contributed by atoms with Gasteiger partial charge in [-0.05, 0) is 86.4 Å². The fraction of sp³-hybridized carbons (Fsp3) is 0.435. The SMILES string of the molecule is CCCCc1ccc(NC(=O)[C@@H](C)Oc2ccc3c(c2)CCCC3)cc1. The van der Waals surface area contributed by atoms with Crippen molar-refractivity contribution in [2.45, 2.75) is 64.9 Å². The fourth-order valence-corrected chi connectivity index (χ4v) is 3.42. The molecule has 0 unspecified atom stereocenters. The lowest BCUT2D eigenvalue weighted by Crippen LogP contribution is -2.30. The summed E-state index contributed by atoms with van der Waals surface area (Å²) >= 11 is 0. The molecule has 1 aliphatic rings. The first-order chi connectivity index (χ1) is 12.7. The Morgan fingerprint density at radius 1 is 1.08 bits per heavy atom. The molecule has 26 heavy (non-hydrogen) atoms. The average molecular weight is 351 g/mol. The van der Waals surface area contributed by atoms with E-state index in [1.165, 1.54) is 42.4 Å². The third-order valence-electron chi connectivity index (χ3n) is 5.04. The Bertz CT molecular complexity index is 736. The van der Waals surface area contributed by atoms with Crippen LogP contribution < -0.4 is 10.1 Å². The summed E-state index contributed by atoms with van der Waals surface area (Å²) in [6.45, 7) is 3.99. The van der Waals surface area contributed by atoms with Crippen LogP contribution in [0, 0.1) is 0 Å². The highest BCUT2D eigenvalue weighted by molar-refractivity contribution is 5.94. The van der Waals surface area contributed by atoms with E-state index in [0.29, 0.717) is 0 Å². The predicted octanol–water partition coefficient (Wildman–Crippen LogP) is 5.31. The van der Waals surface area contributed by atoms with Crippen molar-refractivity contribution in [2.24, 2.45) is 0 Å². The van der Waals surface area contributed by atoms with Gasteiger partial charge in [-0.3, -0.25) is 4.79 Å². The van der Waals surface area contributed by atoms with Gasteiger partial charge in [-0.1, -0.05) is 31.5 Å². The summed E-state index contributed by atoms with van der Waals surface area (Å²) in [4.78, 5) is 12.4. The number of rotatable bonds is 7. The van der Waals surface area contributed by atoms with Gasteiger partial charge in [0.05, 0.1) is 0 Å². The first kappa shape index (κ1) is 18.5. The molecule has 3 heteroatoms. The van der Waals surface area contributed by atoms with E-state index in [2.05, 4.69) is 36.5 Å². The van der Waals surface area contributed by atoms with Gasteiger partial charge in [-0.25, -0.2) is 0 Å². The van der Waals surface area contributed by atoms with E-state index in [1.807, 2.05) is 18.2 Å². The van der Waals surface area contributed by atoms with Crippen LogP contribution in [0.25, 0.3) is 0 Å². The standard InChI is InChI=1S/C23H29NO2/c1-3-4-7-18-10-13-21(14-11-18)24-23(25)17(2)26-22-15-12-19-8-5-6-9-20(19)16-22/h10-17H,3-9H2,1-2H3,(H,24,25)/t17-/m1/s1. The third-order valence-corrected chi connectivity index (χ3v) is 5.04. The maximum Gasteiger partial charge on any atom is 0.265 e. The predicted molar refractivity (Wildman–Crippen MR) is 107 cm³/mol. The number of aryl methyl sites for hydroxylation is 3. The van der Waals surface area contributed by atoms with E-state index in [0.717, 1.165) is 30.7 Å². The average Bonchev–Trinajstić information content (AvgIpc) is 2.67. The molecule has 2 aromatic rings. The number of fused-ring (bicyclic) bond motifs is 1. The van der Waals surface area contributed by atoms with Crippen LogP contribution >= 0.6 is 0 Å². The van der Waals surface area contributed by atoms with Crippen LogP contribution in [0.4, 0.5) is 5.69 Å². The minimum Gasteiger partial charge on any atom is -0.481 e. The molecule has 0 spiro atoms. The smallest absolute Gasteiger partial charge is 0.265 e. The number of carbonyl (C=O) groups is 1. The monoisotopic (exact) mass is 351 g/mol. The Morgan fingerprint density at radius 3 is 2.54 bits per heavy atom. The topological polar surface area (TPSA) is 38.3 Å². The van der Waals surface area contributed by atoms with Crippen molar-refractivity contribution in [1.82, 2.24) is 0 Å². The molecule has 1 amide bonds. The van der Waals surface area contributed by atoms with Crippen molar-refractivity contribution in [3.8, 4) is 5.75 Å². The van der Waals surface area contributed by atoms with Gasteiger partial charge in [-0.2, -0.15) is 0 Å². The molecule has 1 N–H and O–H groups in total. The van der Waals surface area contributed by atoms with E-state index >= 15 is 0 Å². The first-order valence-electron chi connectivity index (χ1n) is 9.84. The lowest BCUT2D eigenvalue weighted by Gasteiger charge is -2.19. The van der Waals surface area contributed by atoms with Crippen LogP contribution in [0.15, 0.2) is 42.5 Å². The molecule has 1 aliphatic carbocycles. The Balaban J connectivity index is 1.56. The number of hydrogen-bond acceptors (Lipinski definition) is 2. The Morgan fingerprint density at radius 2 is 1.81 bits per heavy atom. The zero-order chi connectivity index (χ0) is 18.4. The molecular formula is C23H29NO2. The lowest BCUT2D eigenvalue weighted by molar-refractivity contribution is -0.122. The molecule has 138 valence electrons. The second kappa shape index (κ2) is 8.88. The zero-order valence-electron chi connectivity index (χ0n) is 15.9. The van der Waals surface area contributed by atoms with Crippen molar-refractivity contribution >= 4 is 11.6 Å². The van der Waals surface area contributed by atoms with Gasteiger partial charge < -0.3 is 10.1 Å². The molecule has 0 saturated carbocycles. The van der Waals surface area contributed by atoms with Crippen molar-refractivity contribution in [1.29, 1.82) is 0 Å². The van der Waals surface area contributed by atoms with Crippen LogP contribution in [0.3, 0.4) is 0 Å². The molecule has 0 saturated heterocycles. The van der Waals surface area contributed by atoms with Gasteiger partial charge in [0.2, 0.25) is 0 Å². The highest BCUT2D eigenvalue weighted by Crippen LogP contribution is 2.26. The van der Waals surface area contributed by atoms with Crippen molar-refractivity contribution in [3.05, 3.63) is 59.2 Å². The van der Waals surface area contributed by atoms with Crippen molar-refractivity contribution in [3.63, 3.8) is 0 Å². The quantitative estimate of drug-likeness (QED) is 0.734. The second-order valence-electron chi connectivity index (χ2n) is 7.19. The van der Waals surface area contributed by atoms with Crippen LogP contribution in [-0.4, -0.2) is 12.0 Å². The van der Waals surface area contributed by atoms with Gasteiger partial charge in [0.25, 0.3) is 5.91 Å². The van der Waals surface area contributed by atoms with Crippen molar-refractivity contribution < 1.29 is 9.53 Å². The molecular weight excluding hydrogens is 322 g/mol. The van der Waals surface area contributed by atoms with E-state index in [9.17, 15) is 4.79 Å². The molecule has 0 aliphatic heterocycles. The van der Waals surface area contributed by atoms with Gasteiger partial charge >= 0.3 is 0 Å². The zero-order valence-corrected chi connectivity index (χ0v) is 15.9. The van der Waals surface area contributed by atoms with Gasteiger partial charge in [0, 0.05) is 5.69 Å². The minimum atomic E-state index is -0.531. The summed E-state index contributed by atoms with van der Waals surface area (Å²) in [7, 11) is 0. The van der Waals surface area contributed by atoms with Gasteiger partial charge in [0.1, 0.15) is 5.75 Å². The van der Waals surface area contributed by atoms with E-state index < -0.39 is 6.10 Å². The first-order valence-corrected chi connectivity index (χ1v) is 9.84. The molecule has 3 nitrogen and oxygen atoms in total. The number of amides is 1. The number of benzene rings is 2. The van der Waals surface area contributed by atoms with Crippen molar-refractivity contribution in [2.75, 3.05) is 5.32 Å². The summed E-state index contributed by atoms with van der Waals surface area (Å²) < 4.78 is 5.88. The second-order valence-corrected chi connectivity index (χ2v) is 7.19. The number of nitrogens with one attached hydrogen (secondary N) is 1. The summed E-state index contributed by atoms with van der Waals surface area (Å²) in [5.41, 5.74) is 4.91. The largest absolute Gasteiger partial charge is 0.481 e. The lowest BCUT2D eigenvalue weighted by atomic mass is 9.92. The Kier molecular flexibility index (Phi) is 6.32. The number of carbonyl (C=O) groups excluding carboxylic acids is 1. The van der Waals surface area contributed by atoms with Crippen LogP contribution in [0.1, 0.15) is 56.2 Å². The maximum absolute atomic E-state index is 12.4. The molecule has 0 radical (unpaired) electrons. The molecule has 0 aromatic heterocycles. The molecule has 1 atom stereocenters. The Labute approximate surface area is 156 Å². The van der Waals surface area contributed by atoms with E-state index in [1.54, 1.807) is 6.92 Å². The summed E-state index contributed by atoms with van der Waals surface area (Å²) in [5, 5.41) is 2.94. The third kappa shape index (κ3) is 4.87. The highest BCUT2D eigenvalue weighted by atomic mass is 16.5. The molecule has 2 aromatic carbocycles. The van der Waals surface area contributed by atoms with Gasteiger partial charge in [-0.15, -0.1) is 0 Å².